The van der Waals surface area contributed by atoms with E-state index in [1.54, 1.807) is 25.9 Å². The van der Waals surface area contributed by atoms with Crippen LogP contribution in [0.5, 0.6) is 0 Å². The first-order chi connectivity index (χ1) is 9.15. The van der Waals surface area contributed by atoms with E-state index < -0.39 is 4.92 Å². The number of anilines is 1. The Bertz CT molecular complexity index is 439. The maximum atomic E-state index is 10.3. The van der Waals surface area contributed by atoms with Crippen molar-refractivity contribution in [2.45, 2.75) is 5.75 Å². The third-order valence-corrected chi connectivity index (χ3v) is 3.20. The summed E-state index contributed by atoms with van der Waals surface area (Å²) in [6.07, 6.45) is 0.913. The van der Waals surface area contributed by atoms with Crippen molar-refractivity contribution in [2.75, 3.05) is 31.7 Å². The van der Waals surface area contributed by atoms with Crippen LogP contribution in [-0.2, 0) is 5.75 Å². The zero-order valence-corrected chi connectivity index (χ0v) is 14.5. The molecule has 0 atom stereocenters. The number of halogens is 1. The third kappa shape index (κ3) is 7.48. The van der Waals surface area contributed by atoms with Gasteiger partial charge in [0.25, 0.3) is 6.20 Å². The molecule has 1 rings (SSSR count). The molecule has 0 saturated carbocycles. The normalized spacial score (nSPS) is 10.6. The summed E-state index contributed by atoms with van der Waals surface area (Å²) in [6, 6.07) is 3.81. The van der Waals surface area contributed by atoms with E-state index in [2.05, 4.69) is 16.0 Å². The maximum Gasteiger partial charge on any atom is 0.274 e. The van der Waals surface area contributed by atoms with Crippen LogP contribution in [0.2, 0.25) is 0 Å². The van der Waals surface area contributed by atoms with Crippen LogP contribution in [0.15, 0.2) is 28.6 Å². The lowest BCUT2D eigenvalue weighted by Gasteiger charge is -2.07. The molecule has 0 aliphatic rings. The van der Waals surface area contributed by atoms with Crippen LogP contribution in [0.1, 0.15) is 5.76 Å². The van der Waals surface area contributed by atoms with E-state index in [9.17, 15) is 10.1 Å². The lowest BCUT2D eigenvalue weighted by atomic mass is 10.5. The molecular formula is C11H19IN4O3S. The quantitative estimate of drug-likeness (QED) is 0.247. The van der Waals surface area contributed by atoms with Gasteiger partial charge in [-0.25, -0.2) is 0 Å². The molecule has 0 aromatic carbocycles. The van der Waals surface area contributed by atoms with Crippen molar-refractivity contribution in [1.29, 1.82) is 0 Å². The lowest BCUT2D eigenvalue weighted by molar-refractivity contribution is -0.404. The number of nitrogens with one attached hydrogen (secondary N) is 3. The van der Waals surface area contributed by atoms with E-state index in [-0.39, 0.29) is 24.0 Å². The molecule has 0 aliphatic carbocycles. The van der Waals surface area contributed by atoms with Crippen LogP contribution >= 0.6 is 35.7 Å². The molecule has 3 N–H and O–H groups in total. The molecule has 0 saturated heterocycles. The van der Waals surface area contributed by atoms with Crippen LogP contribution in [0, 0.1) is 10.1 Å². The first-order valence-electron chi connectivity index (χ1n) is 5.77. The molecule has 1 aromatic rings. The van der Waals surface area contributed by atoms with E-state index in [1.807, 2.05) is 12.1 Å². The van der Waals surface area contributed by atoms with Gasteiger partial charge in [-0.1, -0.05) is 0 Å². The molecule has 0 amide bonds. The minimum Gasteiger partial charge on any atom is -0.445 e. The first kappa shape index (κ1) is 18.9. The van der Waals surface area contributed by atoms with E-state index in [0.717, 1.165) is 29.4 Å². The smallest absolute Gasteiger partial charge is 0.274 e. The number of nitrogens with zero attached hydrogens (tertiary/aromatic N) is 1. The molecule has 1 heterocycles. The van der Waals surface area contributed by atoms with Gasteiger partial charge in [-0.2, -0.15) is 11.8 Å². The van der Waals surface area contributed by atoms with E-state index in [4.69, 9.17) is 4.42 Å². The van der Waals surface area contributed by atoms with Gasteiger partial charge in [0.2, 0.25) is 0 Å². The summed E-state index contributed by atoms with van der Waals surface area (Å²) < 4.78 is 5.47. The summed E-state index contributed by atoms with van der Waals surface area (Å²) in [6.45, 7) is 0.644. The van der Waals surface area contributed by atoms with Crippen LogP contribution < -0.4 is 16.0 Å². The molecule has 20 heavy (non-hydrogen) atoms. The summed E-state index contributed by atoms with van der Waals surface area (Å²) in [5, 5.41) is 18.9. The first-order valence-corrected chi connectivity index (χ1v) is 6.92. The fourth-order valence-electron chi connectivity index (χ4n) is 1.32. The Hall–Kier alpha value is -1.10. The summed E-state index contributed by atoms with van der Waals surface area (Å²) >= 11 is 1.69. The molecule has 9 heteroatoms. The number of nitro groups is 1. The largest absolute Gasteiger partial charge is 0.445 e. The van der Waals surface area contributed by atoms with Gasteiger partial charge in [0.05, 0.1) is 10.7 Å². The molecule has 0 bridgehead atoms. The highest BCUT2D eigenvalue weighted by atomic mass is 127. The zero-order valence-electron chi connectivity index (χ0n) is 11.3. The number of hydrogen-bond acceptors (Lipinski definition) is 7. The van der Waals surface area contributed by atoms with Gasteiger partial charge in [0.1, 0.15) is 5.76 Å². The SMILES string of the molecule is CNC(=C[N+](=O)[O-])NCCSCc1ccc(NC)o1.I. The Morgan fingerprint density at radius 2 is 2.25 bits per heavy atom. The molecule has 7 nitrogen and oxygen atoms in total. The van der Waals surface area contributed by atoms with Crippen molar-refractivity contribution in [1.82, 2.24) is 10.6 Å². The molecule has 0 spiro atoms. The molecule has 0 aliphatic heterocycles. The number of thioether (sulfide) groups is 1. The number of furan rings is 1. The average molecular weight is 414 g/mol. The summed E-state index contributed by atoms with van der Waals surface area (Å²) in [7, 11) is 3.44. The average Bonchev–Trinajstić information content (AvgIpc) is 2.84. The molecule has 0 fully saturated rings. The number of hydrogen-bond donors (Lipinski definition) is 3. The van der Waals surface area contributed by atoms with Crippen LogP contribution in [0.25, 0.3) is 0 Å². The van der Waals surface area contributed by atoms with Gasteiger partial charge in [-0.05, 0) is 6.07 Å². The van der Waals surface area contributed by atoms with Crippen molar-refractivity contribution in [2.24, 2.45) is 0 Å². The minimum absolute atomic E-state index is 0. The van der Waals surface area contributed by atoms with E-state index in [0.29, 0.717) is 12.4 Å². The summed E-state index contributed by atoms with van der Waals surface area (Å²) in [5.74, 6) is 3.66. The zero-order chi connectivity index (χ0) is 14.1. The Morgan fingerprint density at radius 3 is 2.80 bits per heavy atom. The van der Waals surface area contributed by atoms with Crippen molar-refractivity contribution in [3.05, 3.63) is 40.0 Å². The highest BCUT2D eigenvalue weighted by Crippen LogP contribution is 2.17. The van der Waals surface area contributed by atoms with Gasteiger partial charge >= 0.3 is 0 Å². The Kier molecular flexibility index (Phi) is 10.1. The van der Waals surface area contributed by atoms with Crippen molar-refractivity contribution in [3.63, 3.8) is 0 Å². The van der Waals surface area contributed by atoms with E-state index in [1.165, 1.54) is 0 Å². The molecular weight excluding hydrogens is 395 g/mol. The second kappa shape index (κ2) is 10.7. The van der Waals surface area contributed by atoms with Gasteiger partial charge in [-0.15, -0.1) is 24.0 Å². The van der Waals surface area contributed by atoms with Crippen molar-refractivity contribution >= 4 is 41.6 Å². The summed E-state index contributed by atoms with van der Waals surface area (Å²) in [5.41, 5.74) is 0. The standard InChI is InChI=1S/C11H18N4O3S.HI/c1-12-10(7-15(16)17)14-5-6-19-8-9-3-4-11(13-2)18-9;/h3-4,7,12-14H,5-6,8H2,1-2H3;1H. The number of rotatable bonds is 9. The summed E-state index contributed by atoms with van der Waals surface area (Å²) in [4.78, 5) is 9.81. The second-order valence-corrected chi connectivity index (χ2v) is 4.68. The highest BCUT2D eigenvalue weighted by molar-refractivity contribution is 14.0. The Labute approximate surface area is 139 Å². The van der Waals surface area contributed by atoms with E-state index >= 15 is 0 Å². The minimum atomic E-state index is -0.492. The van der Waals surface area contributed by atoms with Gasteiger partial charge < -0.3 is 20.4 Å². The van der Waals surface area contributed by atoms with Crippen LogP contribution in [0.3, 0.4) is 0 Å². The predicted octanol–water partition coefficient (Wildman–Crippen LogP) is 2.06. The lowest BCUT2D eigenvalue weighted by Crippen LogP contribution is -2.26. The second-order valence-electron chi connectivity index (χ2n) is 3.57. The molecule has 114 valence electrons. The Balaban J connectivity index is 0.00000361. The molecule has 0 unspecified atom stereocenters. The molecule has 1 aromatic heterocycles. The fourth-order valence-corrected chi connectivity index (χ4v) is 2.07. The third-order valence-electron chi connectivity index (χ3n) is 2.22. The molecule has 0 radical (unpaired) electrons. The van der Waals surface area contributed by atoms with Crippen LogP contribution in [-0.4, -0.2) is 31.3 Å². The fraction of sp³-hybridized carbons (Fsp3) is 0.455. The van der Waals surface area contributed by atoms with Gasteiger partial charge in [-0.3, -0.25) is 10.1 Å². The van der Waals surface area contributed by atoms with Crippen LogP contribution in [0.4, 0.5) is 5.88 Å². The maximum absolute atomic E-state index is 10.3. The Morgan fingerprint density at radius 1 is 1.50 bits per heavy atom. The highest BCUT2D eigenvalue weighted by Gasteiger charge is 2.02. The van der Waals surface area contributed by atoms with Gasteiger partial charge in [0, 0.05) is 32.5 Å². The van der Waals surface area contributed by atoms with Crippen molar-refractivity contribution < 1.29 is 9.34 Å². The topological polar surface area (TPSA) is 92.4 Å². The predicted molar refractivity (Wildman–Crippen MR) is 92.0 cm³/mol. The van der Waals surface area contributed by atoms with Gasteiger partial charge in [0.15, 0.2) is 11.7 Å². The van der Waals surface area contributed by atoms with Crippen molar-refractivity contribution in [3.8, 4) is 0 Å². The monoisotopic (exact) mass is 414 g/mol.